The van der Waals surface area contributed by atoms with Gasteiger partial charge in [0, 0.05) is 18.5 Å². The van der Waals surface area contributed by atoms with Gasteiger partial charge in [0.1, 0.15) is 0 Å². The summed E-state index contributed by atoms with van der Waals surface area (Å²) in [4.78, 5) is 0. The van der Waals surface area contributed by atoms with Crippen molar-refractivity contribution in [2.24, 2.45) is 11.8 Å². The van der Waals surface area contributed by atoms with Crippen LogP contribution in [0.4, 0.5) is 0 Å². The van der Waals surface area contributed by atoms with Crippen LogP contribution in [0.25, 0.3) is 0 Å². The summed E-state index contributed by atoms with van der Waals surface area (Å²) in [6.07, 6.45) is 9.97. The lowest BCUT2D eigenvalue weighted by Crippen LogP contribution is -2.33. The van der Waals surface area contributed by atoms with E-state index in [4.69, 9.17) is 11.6 Å². The predicted molar refractivity (Wildman–Crippen MR) is 57.1 cm³/mol. The van der Waals surface area contributed by atoms with Crippen molar-refractivity contribution in [2.75, 3.05) is 12.4 Å². The molecule has 0 aromatic rings. The van der Waals surface area contributed by atoms with Crippen LogP contribution < -0.4 is 5.32 Å². The maximum absolute atomic E-state index is 5.55. The van der Waals surface area contributed by atoms with E-state index in [1.165, 1.54) is 25.7 Å². The minimum atomic E-state index is 0.638. The molecule has 2 saturated carbocycles. The Bertz CT molecular complexity index is 171. The van der Waals surface area contributed by atoms with Gasteiger partial charge < -0.3 is 5.32 Å². The molecule has 1 N–H and O–H groups in total. The van der Waals surface area contributed by atoms with E-state index in [0.29, 0.717) is 5.88 Å². The third-order valence-corrected chi connectivity index (χ3v) is 3.17. The molecule has 13 heavy (non-hydrogen) atoms. The zero-order valence-corrected chi connectivity index (χ0v) is 8.76. The molecule has 0 saturated heterocycles. The van der Waals surface area contributed by atoms with Gasteiger partial charge in [-0.15, -0.1) is 11.6 Å². The lowest BCUT2D eigenvalue weighted by atomic mass is 10.1. The molecule has 2 rings (SSSR count). The Hall–Kier alpha value is -0.0100. The van der Waals surface area contributed by atoms with Crippen molar-refractivity contribution in [1.29, 1.82) is 0 Å². The molecule has 0 atom stereocenters. The van der Waals surface area contributed by atoms with Gasteiger partial charge in [0.2, 0.25) is 0 Å². The summed E-state index contributed by atoms with van der Waals surface area (Å²) in [5, 5.41) is 3.63. The second-order valence-corrected chi connectivity index (χ2v) is 4.54. The van der Waals surface area contributed by atoms with Crippen LogP contribution in [0.5, 0.6) is 0 Å². The Kier molecular flexibility index (Phi) is 3.28. The molecule has 0 bridgehead atoms. The molecule has 1 nitrogen and oxygen atoms in total. The van der Waals surface area contributed by atoms with Crippen molar-refractivity contribution in [3.05, 3.63) is 12.2 Å². The van der Waals surface area contributed by atoms with Gasteiger partial charge >= 0.3 is 0 Å². The smallest absolute Gasteiger partial charge is 0.0404 e. The van der Waals surface area contributed by atoms with Crippen LogP contribution in [0, 0.1) is 11.8 Å². The molecule has 2 aliphatic rings. The monoisotopic (exact) mass is 199 g/mol. The molecule has 0 aliphatic heterocycles. The van der Waals surface area contributed by atoms with Crippen molar-refractivity contribution < 1.29 is 0 Å². The number of hydrogen-bond donors (Lipinski definition) is 1. The average molecular weight is 200 g/mol. The van der Waals surface area contributed by atoms with Gasteiger partial charge in [0.25, 0.3) is 0 Å². The Labute approximate surface area is 85.5 Å². The molecule has 0 heterocycles. The molecule has 0 aromatic carbocycles. The van der Waals surface area contributed by atoms with E-state index in [1.807, 2.05) is 6.08 Å². The Balaban J connectivity index is 1.67. The summed E-state index contributed by atoms with van der Waals surface area (Å²) < 4.78 is 0. The minimum Gasteiger partial charge on any atom is -0.310 e. The molecule has 0 unspecified atom stereocenters. The van der Waals surface area contributed by atoms with E-state index in [2.05, 4.69) is 11.4 Å². The standard InChI is InChI=1S/C11H18ClN/c12-7-1-2-8-13-11(9-3-4-9)10-5-6-10/h1-2,9-11,13H,3-8H2/b2-1+. The van der Waals surface area contributed by atoms with Crippen LogP contribution in [0.15, 0.2) is 12.2 Å². The molecule has 0 spiro atoms. The highest BCUT2D eigenvalue weighted by Crippen LogP contribution is 2.44. The van der Waals surface area contributed by atoms with Gasteiger partial charge in [-0.3, -0.25) is 0 Å². The average Bonchev–Trinajstić information content (AvgIpc) is 2.99. The van der Waals surface area contributed by atoms with E-state index in [0.717, 1.165) is 24.4 Å². The van der Waals surface area contributed by atoms with Crippen LogP contribution >= 0.6 is 11.6 Å². The van der Waals surface area contributed by atoms with E-state index in [-0.39, 0.29) is 0 Å². The summed E-state index contributed by atoms with van der Waals surface area (Å²) in [6.45, 7) is 1.00. The van der Waals surface area contributed by atoms with E-state index in [9.17, 15) is 0 Å². The van der Waals surface area contributed by atoms with Crippen molar-refractivity contribution in [2.45, 2.75) is 31.7 Å². The van der Waals surface area contributed by atoms with Crippen LogP contribution in [-0.4, -0.2) is 18.5 Å². The van der Waals surface area contributed by atoms with Crippen molar-refractivity contribution in [3.63, 3.8) is 0 Å². The first-order valence-corrected chi connectivity index (χ1v) is 5.89. The highest BCUT2D eigenvalue weighted by Gasteiger charge is 2.40. The number of alkyl halides is 1. The summed E-state index contributed by atoms with van der Waals surface area (Å²) >= 11 is 5.55. The zero-order valence-electron chi connectivity index (χ0n) is 8.01. The van der Waals surface area contributed by atoms with Crippen molar-refractivity contribution >= 4 is 11.6 Å². The van der Waals surface area contributed by atoms with Gasteiger partial charge in [-0.05, 0) is 37.5 Å². The van der Waals surface area contributed by atoms with Gasteiger partial charge in [-0.1, -0.05) is 12.2 Å². The van der Waals surface area contributed by atoms with Crippen molar-refractivity contribution in [1.82, 2.24) is 5.32 Å². The summed E-state index contributed by atoms with van der Waals surface area (Å²) in [5.74, 6) is 2.63. The number of allylic oxidation sites excluding steroid dienone is 1. The molecular formula is C11H18ClN. The highest BCUT2D eigenvalue weighted by molar-refractivity contribution is 6.18. The summed E-state index contributed by atoms with van der Waals surface area (Å²) in [6, 6.07) is 0.819. The fourth-order valence-corrected chi connectivity index (χ4v) is 2.11. The maximum Gasteiger partial charge on any atom is 0.0404 e. The molecule has 0 amide bonds. The Morgan fingerprint density at radius 2 is 1.77 bits per heavy atom. The largest absolute Gasteiger partial charge is 0.310 e. The van der Waals surface area contributed by atoms with Gasteiger partial charge in [-0.25, -0.2) is 0 Å². The van der Waals surface area contributed by atoms with Gasteiger partial charge in [0.05, 0.1) is 0 Å². The van der Waals surface area contributed by atoms with Crippen LogP contribution in [-0.2, 0) is 0 Å². The van der Waals surface area contributed by atoms with Crippen molar-refractivity contribution in [3.8, 4) is 0 Å². The number of hydrogen-bond acceptors (Lipinski definition) is 1. The molecule has 74 valence electrons. The van der Waals surface area contributed by atoms with E-state index in [1.54, 1.807) is 0 Å². The van der Waals surface area contributed by atoms with Crippen LogP contribution in [0.1, 0.15) is 25.7 Å². The van der Waals surface area contributed by atoms with E-state index >= 15 is 0 Å². The van der Waals surface area contributed by atoms with E-state index < -0.39 is 0 Å². The predicted octanol–water partition coefficient (Wildman–Crippen LogP) is 2.56. The number of nitrogens with one attached hydrogen (secondary N) is 1. The lowest BCUT2D eigenvalue weighted by Gasteiger charge is -2.15. The fourth-order valence-electron chi connectivity index (χ4n) is 1.98. The highest BCUT2D eigenvalue weighted by atomic mass is 35.5. The Morgan fingerprint density at radius 3 is 2.23 bits per heavy atom. The van der Waals surface area contributed by atoms with Crippen LogP contribution in [0.3, 0.4) is 0 Å². The first-order valence-electron chi connectivity index (χ1n) is 5.36. The first kappa shape index (κ1) is 9.54. The lowest BCUT2D eigenvalue weighted by molar-refractivity contribution is 0.435. The molecule has 0 aromatic heterocycles. The molecular weight excluding hydrogens is 182 g/mol. The summed E-state index contributed by atoms with van der Waals surface area (Å²) in [7, 11) is 0. The molecule has 2 heteroatoms. The second kappa shape index (κ2) is 4.47. The number of rotatable bonds is 6. The summed E-state index contributed by atoms with van der Waals surface area (Å²) in [5.41, 5.74) is 0. The van der Waals surface area contributed by atoms with Gasteiger partial charge in [-0.2, -0.15) is 0 Å². The number of halogens is 1. The van der Waals surface area contributed by atoms with Gasteiger partial charge in [0.15, 0.2) is 0 Å². The minimum absolute atomic E-state index is 0.638. The quantitative estimate of drug-likeness (QED) is 0.512. The van der Waals surface area contributed by atoms with Crippen LogP contribution in [0.2, 0.25) is 0 Å². The molecule has 2 aliphatic carbocycles. The third-order valence-electron chi connectivity index (χ3n) is 2.99. The third kappa shape index (κ3) is 2.99. The Morgan fingerprint density at radius 1 is 1.15 bits per heavy atom. The SMILES string of the molecule is ClC/C=C/CNC(C1CC1)C1CC1. The maximum atomic E-state index is 5.55. The second-order valence-electron chi connectivity index (χ2n) is 4.23. The molecule has 0 radical (unpaired) electrons. The topological polar surface area (TPSA) is 12.0 Å². The zero-order chi connectivity index (χ0) is 9.10. The normalized spacial score (nSPS) is 23.2. The first-order chi connectivity index (χ1) is 6.42. The molecule has 2 fully saturated rings. The fraction of sp³-hybridized carbons (Fsp3) is 0.818.